The topological polar surface area (TPSA) is 44.8 Å². The number of aromatic amines is 1. The Morgan fingerprint density at radius 3 is 2.65 bits per heavy atom. The van der Waals surface area contributed by atoms with Gasteiger partial charge in [-0.25, -0.2) is 4.98 Å². The van der Waals surface area contributed by atoms with E-state index < -0.39 is 0 Å². The van der Waals surface area contributed by atoms with E-state index >= 15 is 0 Å². The van der Waals surface area contributed by atoms with Crippen molar-refractivity contribution in [1.82, 2.24) is 20.1 Å². The molecule has 4 nitrogen and oxygen atoms in total. The molecule has 0 amide bonds. The van der Waals surface area contributed by atoms with Gasteiger partial charge in [0.15, 0.2) is 0 Å². The summed E-state index contributed by atoms with van der Waals surface area (Å²) >= 11 is 0. The van der Waals surface area contributed by atoms with Gasteiger partial charge in [-0.3, -0.25) is 10.00 Å². The van der Waals surface area contributed by atoms with Gasteiger partial charge in [0, 0.05) is 6.54 Å². The minimum Gasteiger partial charge on any atom is -0.293 e. The van der Waals surface area contributed by atoms with Crippen molar-refractivity contribution < 1.29 is 0 Å². The van der Waals surface area contributed by atoms with Gasteiger partial charge in [-0.1, -0.05) is 24.3 Å². The summed E-state index contributed by atoms with van der Waals surface area (Å²) in [7, 11) is 0. The Morgan fingerprint density at radius 1 is 1.25 bits per heavy atom. The molecule has 2 heterocycles. The lowest BCUT2D eigenvalue weighted by Crippen LogP contribution is -2.30. The molecule has 1 N–H and O–H groups in total. The first-order chi connectivity index (χ1) is 9.76. The van der Waals surface area contributed by atoms with E-state index in [1.165, 1.54) is 25.8 Å². The highest BCUT2D eigenvalue weighted by Crippen LogP contribution is 2.45. The molecule has 1 saturated heterocycles. The van der Waals surface area contributed by atoms with Gasteiger partial charge in [0.05, 0.1) is 6.04 Å². The maximum Gasteiger partial charge on any atom is 0.141 e. The Balaban J connectivity index is 1.52. The second-order valence-electron chi connectivity index (χ2n) is 6.39. The molecule has 1 aromatic heterocycles. The van der Waals surface area contributed by atoms with Crippen LogP contribution in [-0.4, -0.2) is 33.2 Å². The van der Waals surface area contributed by atoms with Crippen LogP contribution in [0, 0.1) is 5.41 Å². The summed E-state index contributed by atoms with van der Waals surface area (Å²) in [6.07, 6.45) is 5.37. The normalized spacial score (nSPS) is 22.2. The first-order valence-electron chi connectivity index (χ1n) is 7.42. The molecule has 20 heavy (non-hydrogen) atoms. The highest BCUT2D eigenvalue weighted by atomic mass is 15.3. The fourth-order valence-corrected chi connectivity index (χ4v) is 3.95. The molecule has 1 spiro atoms. The second kappa shape index (κ2) is 4.42. The molecule has 104 valence electrons. The fourth-order valence-electron chi connectivity index (χ4n) is 3.95. The summed E-state index contributed by atoms with van der Waals surface area (Å²) in [5, 5.41) is 6.98. The Bertz CT molecular complexity index is 580. The Hall–Kier alpha value is -1.68. The minimum absolute atomic E-state index is 0.334. The van der Waals surface area contributed by atoms with Gasteiger partial charge in [0.25, 0.3) is 0 Å². The van der Waals surface area contributed by atoms with E-state index in [2.05, 4.69) is 51.3 Å². The predicted octanol–water partition coefficient (Wildman–Crippen LogP) is 2.36. The van der Waals surface area contributed by atoms with Crippen molar-refractivity contribution >= 4 is 0 Å². The molecule has 1 aromatic carbocycles. The van der Waals surface area contributed by atoms with E-state index in [4.69, 9.17) is 0 Å². The highest BCUT2D eigenvalue weighted by Gasteiger charge is 2.43. The number of aromatic nitrogens is 3. The molecule has 1 unspecified atom stereocenters. The molecular formula is C16H20N4. The van der Waals surface area contributed by atoms with Crippen molar-refractivity contribution in [2.24, 2.45) is 5.41 Å². The predicted molar refractivity (Wildman–Crippen MR) is 77.3 cm³/mol. The van der Waals surface area contributed by atoms with Gasteiger partial charge in [-0.05, 0) is 49.3 Å². The Labute approximate surface area is 119 Å². The van der Waals surface area contributed by atoms with Gasteiger partial charge >= 0.3 is 0 Å². The van der Waals surface area contributed by atoms with E-state index in [1.54, 1.807) is 17.5 Å². The van der Waals surface area contributed by atoms with Crippen molar-refractivity contribution in [3.05, 3.63) is 47.5 Å². The number of rotatable bonds is 2. The minimum atomic E-state index is 0.334. The van der Waals surface area contributed by atoms with Crippen molar-refractivity contribution in [2.45, 2.75) is 32.2 Å². The quantitative estimate of drug-likeness (QED) is 0.909. The number of hydrogen-bond donors (Lipinski definition) is 1. The molecule has 1 aliphatic carbocycles. The van der Waals surface area contributed by atoms with Crippen molar-refractivity contribution in [2.75, 3.05) is 13.1 Å². The molecule has 2 aliphatic rings. The van der Waals surface area contributed by atoms with Crippen LogP contribution in [0.2, 0.25) is 0 Å². The summed E-state index contributed by atoms with van der Waals surface area (Å²) in [5.41, 5.74) is 3.57. The third kappa shape index (κ3) is 1.86. The van der Waals surface area contributed by atoms with E-state index in [9.17, 15) is 0 Å². The number of hydrogen-bond acceptors (Lipinski definition) is 3. The highest BCUT2D eigenvalue weighted by molar-refractivity contribution is 5.35. The van der Waals surface area contributed by atoms with Crippen molar-refractivity contribution in [3.63, 3.8) is 0 Å². The van der Waals surface area contributed by atoms with Crippen LogP contribution in [0.5, 0.6) is 0 Å². The summed E-state index contributed by atoms with van der Waals surface area (Å²) in [6.45, 7) is 4.56. The van der Waals surface area contributed by atoms with Crippen LogP contribution in [0.1, 0.15) is 36.3 Å². The average Bonchev–Trinajstić information content (AvgIpc) is 3.17. The molecule has 1 aliphatic heterocycles. The molecule has 4 rings (SSSR count). The van der Waals surface area contributed by atoms with Crippen LogP contribution in [0.15, 0.2) is 30.6 Å². The number of likely N-dealkylation sites (tertiary alicyclic amines) is 1. The van der Waals surface area contributed by atoms with Crippen LogP contribution in [0.3, 0.4) is 0 Å². The monoisotopic (exact) mass is 268 g/mol. The SMILES string of the molecule is CC(c1ncn[nH]1)N1CCC2(Cc3ccccc3C2)C1. The molecule has 4 heteroatoms. The third-order valence-electron chi connectivity index (χ3n) is 5.09. The maximum absolute atomic E-state index is 4.31. The average molecular weight is 268 g/mol. The molecular weight excluding hydrogens is 248 g/mol. The largest absolute Gasteiger partial charge is 0.293 e. The van der Waals surface area contributed by atoms with Crippen LogP contribution in [-0.2, 0) is 12.8 Å². The van der Waals surface area contributed by atoms with Gasteiger partial charge < -0.3 is 0 Å². The van der Waals surface area contributed by atoms with Crippen LogP contribution in [0.4, 0.5) is 0 Å². The van der Waals surface area contributed by atoms with Crippen molar-refractivity contribution in [1.29, 1.82) is 0 Å². The summed E-state index contributed by atoms with van der Waals surface area (Å²) in [6, 6.07) is 9.27. The fraction of sp³-hybridized carbons (Fsp3) is 0.500. The van der Waals surface area contributed by atoms with Crippen LogP contribution in [0.25, 0.3) is 0 Å². The number of fused-ring (bicyclic) bond motifs is 1. The lowest BCUT2D eigenvalue weighted by atomic mass is 9.84. The molecule has 2 aromatic rings. The molecule has 0 radical (unpaired) electrons. The number of nitrogens with one attached hydrogen (secondary N) is 1. The maximum atomic E-state index is 4.31. The lowest BCUT2D eigenvalue weighted by Gasteiger charge is -2.26. The number of H-pyrrole nitrogens is 1. The van der Waals surface area contributed by atoms with Crippen LogP contribution < -0.4 is 0 Å². The summed E-state index contributed by atoms with van der Waals surface area (Å²) < 4.78 is 0. The third-order valence-corrected chi connectivity index (χ3v) is 5.09. The first-order valence-corrected chi connectivity index (χ1v) is 7.42. The van der Waals surface area contributed by atoms with Gasteiger partial charge in [0.1, 0.15) is 12.2 Å². The van der Waals surface area contributed by atoms with E-state index in [0.717, 1.165) is 12.4 Å². The standard InChI is InChI=1S/C16H20N4/c1-12(15-17-11-18-19-15)20-7-6-16(10-20)8-13-4-2-3-5-14(13)9-16/h2-5,11-12H,6-10H2,1H3,(H,17,18,19). The smallest absolute Gasteiger partial charge is 0.141 e. The van der Waals surface area contributed by atoms with Gasteiger partial charge in [-0.2, -0.15) is 5.10 Å². The molecule has 1 atom stereocenters. The lowest BCUT2D eigenvalue weighted by molar-refractivity contribution is 0.212. The summed E-state index contributed by atoms with van der Waals surface area (Å²) in [5.74, 6) is 0.984. The zero-order valence-electron chi connectivity index (χ0n) is 11.8. The van der Waals surface area contributed by atoms with E-state index in [0.29, 0.717) is 11.5 Å². The second-order valence-corrected chi connectivity index (χ2v) is 6.39. The van der Waals surface area contributed by atoms with E-state index in [-0.39, 0.29) is 0 Å². The molecule has 1 fully saturated rings. The zero-order valence-corrected chi connectivity index (χ0v) is 11.8. The van der Waals surface area contributed by atoms with Crippen LogP contribution >= 0.6 is 0 Å². The zero-order chi connectivity index (χ0) is 13.6. The van der Waals surface area contributed by atoms with Crippen molar-refractivity contribution in [3.8, 4) is 0 Å². The number of nitrogens with zero attached hydrogens (tertiary/aromatic N) is 3. The van der Waals surface area contributed by atoms with Gasteiger partial charge in [0.2, 0.25) is 0 Å². The molecule has 0 saturated carbocycles. The van der Waals surface area contributed by atoms with E-state index in [1.807, 2.05) is 0 Å². The first kappa shape index (κ1) is 12.1. The molecule has 0 bridgehead atoms. The Morgan fingerprint density at radius 2 is 2.00 bits per heavy atom. The number of benzene rings is 1. The summed E-state index contributed by atoms with van der Waals surface area (Å²) in [4.78, 5) is 6.85. The van der Waals surface area contributed by atoms with Gasteiger partial charge in [-0.15, -0.1) is 0 Å². The Kier molecular flexibility index (Phi) is 2.67.